The van der Waals surface area contributed by atoms with Crippen molar-refractivity contribution in [3.8, 4) is 0 Å². The zero-order valence-corrected chi connectivity index (χ0v) is 8.02. The van der Waals surface area contributed by atoms with Crippen LogP contribution in [0.4, 0.5) is 0 Å². The van der Waals surface area contributed by atoms with Crippen LogP contribution in [0.1, 0.15) is 5.56 Å². The zero-order valence-electron chi connectivity index (χ0n) is 8.02. The largest absolute Gasteiger partial charge is 0.389 e. The maximum absolute atomic E-state index is 9.81. The van der Waals surface area contributed by atoms with E-state index in [2.05, 4.69) is 5.32 Å². The lowest BCUT2D eigenvalue weighted by Gasteiger charge is -2.17. The molecule has 0 aromatic heterocycles. The fraction of sp³-hybridized carbons (Fsp3) is 0.455. The minimum atomic E-state index is -0.458. The Balaban J connectivity index is 1.90. The Kier molecular flexibility index (Phi) is 3.14. The Labute approximate surface area is 83.7 Å². The third-order valence-electron chi connectivity index (χ3n) is 2.38. The van der Waals surface area contributed by atoms with Crippen LogP contribution in [0.2, 0.25) is 0 Å². The van der Waals surface area contributed by atoms with Gasteiger partial charge in [-0.25, -0.2) is 0 Å². The Morgan fingerprint density at radius 1 is 1.43 bits per heavy atom. The highest BCUT2D eigenvalue weighted by atomic mass is 16.5. The van der Waals surface area contributed by atoms with Crippen LogP contribution in [0.5, 0.6) is 0 Å². The summed E-state index contributed by atoms with van der Waals surface area (Å²) in [5.74, 6) is 0. The highest BCUT2D eigenvalue weighted by Gasteiger charge is 2.23. The van der Waals surface area contributed by atoms with E-state index in [1.54, 1.807) is 0 Å². The minimum Gasteiger partial charge on any atom is -0.389 e. The van der Waals surface area contributed by atoms with Crippen LogP contribution in [0.25, 0.3) is 0 Å². The Morgan fingerprint density at radius 3 is 2.86 bits per heavy atom. The topological polar surface area (TPSA) is 41.5 Å². The Morgan fingerprint density at radius 2 is 2.21 bits per heavy atom. The lowest BCUT2D eigenvalue weighted by atomic mass is 10.1. The van der Waals surface area contributed by atoms with Gasteiger partial charge in [0.15, 0.2) is 0 Å². The van der Waals surface area contributed by atoms with E-state index >= 15 is 0 Å². The molecule has 0 aliphatic carbocycles. The number of hydrogen-bond acceptors (Lipinski definition) is 3. The fourth-order valence-electron chi connectivity index (χ4n) is 1.66. The number of benzene rings is 1. The van der Waals surface area contributed by atoms with Crippen LogP contribution in [-0.4, -0.2) is 30.6 Å². The summed E-state index contributed by atoms with van der Waals surface area (Å²) in [7, 11) is 0. The van der Waals surface area contributed by atoms with E-state index in [1.165, 1.54) is 0 Å². The first-order valence-electron chi connectivity index (χ1n) is 4.93. The molecule has 0 spiro atoms. The number of aliphatic hydroxyl groups is 1. The summed E-state index contributed by atoms with van der Waals surface area (Å²) in [6.07, 6.45) is -0.0199. The number of ether oxygens (including phenoxy) is 1. The summed E-state index contributed by atoms with van der Waals surface area (Å²) in [5.41, 5.74) is 1.14. The molecule has 3 nitrogen and oxygen atoms in total. The molecule has 1 aliphatic heterocycles. The average Bonchev–Trinajstić information content (AvgIpc) is 2.72. The lowest BCUT2D eigenvalue weighted by molar-refractivity contribution is -0.0104. The molecule has 1 unspecified atom stereocenters. The van der Waals surface area contributed by atoms with Crippen LogP contribution in [-0.2, 0) is 11.2 Å². The predicted octanol–water partition coefficient (Wildman–Crippen LogP) is 0.536. The number of aliphatic hydroxyl groups excluding tert-OH is 1. The fourth-order valence-corrected chi connectivity index (χ4v) is 1.66. The van der Waals surface area contributed by atoms with Crippen molar-refractivity contribution in [3.63, 3.8) is 0 Å². The molecule has 0 amide bonds. The van der Waals surface area contributed by atoms with Gasteiger partial charge >= 0.3 is 0 Å². The van der Waals surface area contributed by atoms with Crippen molar-refractivity contribution in [2.24, 2.45) is 0 Å². The molecule has 0 saturated carbocycles. The molecule has 3 heteroatoms. The van der Waals surface area contributed by atoms with E-state index in [9.17, 15) is 5.11 Å². The summed E-state index contributed by atoms with van der Waals surface area (Å²) in [6.45, 7) is 1.52. The SMILES string of the molecule is O[C@H](Cc1ccccc1)C1NCCO1. The molecular weight excluding hydrogens is 178 g/mol. The molecular formula is C11H15NO2. The number of rotatable bonds is 3. The second kappa shape index (κ2) is 4.55. The first kappa shape index (κ1) is 9.65. The van der Waals surface area contributed by atoms with Crippen LogP contribution >= 0.6 is 0 Å². The van der Waals surface area contributed by atoms with Gasteiger partial charge in [0.2, 0.25) is 0 Å². The molecule has 2 rings (SSSR count). The van der Waals surface area contributed by atoms with Crippen LogP contribution in [0, 0.1) is 0 Å². The van der Waals surface area contributed by atoms with Gasteiger partial charge in [-0.05, 0) is 5.56 Å². The molecule has 2 atom stereocenters. The smallest absolute Gasteiger partial charge is 0.134 e. The average molecular weight is 193 g/mol. The maximum atomic E-state index is 9.81. The van der Waals surface area contributed by atoms with E-state index in [4.69, 9.17) is 4.74 Å². The van der Waals surface area contributed by atoms with Gasteiger partial charge in [-0.15, -0.1) is 0 Å². The molecule has 14 heavy (non-hydrogen) atoms. The van der Waals surface area contributed by atoms with Crippen molar-refractivity contribution in [3.05, 3.63) is 35.9 Å². The third-order valence-corrected chi connectivity index (χ3v) is 2.38. The van der Waals surface area contributed by atoms with Gasteiger partial charge < -0.3 is 9.84 Å². The predicted molar refractivity (Wildman–Crippen MR) is 53.9 cm³/mol. The van der Waals surface area contributed by atoms with Crippen molar-refractivity contribution >= 4 is 0 Å². The van der Waals surface area contributed by atoms with Crippen LogP contribution in [0.15, 0.2) is 30.3 Å². The highest BCUT2D eigenvalue weighted by molar-refractivity contribution is 5.15. The third kappa shape index (κ3) is 2.32. The molecule has 0 radical (unpaired) electrons. The molecule has 1 saturated heterocycles. The monoisotopic (exact) mass is 193 g/mol. The van der Waals surface area contributed by atoms with Gasteiger partial charge in [0.1, 0.15) is 6.23 Å². The summed E-state index contributed by atoms with van der Waals surface area (Å²) < 4.78 is 5.33. The standard InChI is InChI=1S/C11H15NO2/c13-10(11-12-6-7-14-11)8-9-4-2-1-3-5-9/h1-5,10-13H,6-8H2/t10-,11?/m1/s1. The van der Waals surface area contributed by atoms with E-state index in [0.717, 1.165) is 12.1 Å². The molecule has 1 fully saturated rings. The lowest BCUT2D eigenvalue weighted by Crippen LogP contribution is -2.37. The van der Waals surface area contributed by atoms with Gasteiger partial charge in [0.05, 0.1) is 12.7 Å². The van der Waals surface area contributed by atoms with E-state index in [0.29, 0.717) is 13.0 Å². The highest BCUT2D eigenvalue weighted by Crippen LogP contribution is 2.08. The summed E-state index contributed by atoms with van der Waals surface area (Å²) in [4.78, 5) is 0. The minimum absolute atomic E-state index is 0.199. The maximum Gasteiger partial charge on any atom is 0.134 e. The molecule has 1 aromatic rings. The molecule has 76 valence electrons. The first-order valence-corrected chi connectivity index (χ1v) is 4.93. The van der Waals surface area contributed by atoms with Crippen LogP contribution < -0.4 is 5.32 Å². The normalized spacial score (nSPS) is 23.6. The summed E-state index contributed by atoms with van der Waals surface area (Å²) in [5, 5.41) is 12.9. The second-order valence-electron chi connectivity index (χ2n) is 3.50. The summed E-state index contributed by atoms with van der Waals surface area (Å²) >= 11 is 0. The van der Waals surface area contributed by atoms with Gasteiger partial charge in [-0.1, -0.05) is 30.3 Å². The van der Waals surface area contributed by atoms with Crippen molar-refractivity contribution in [2.45, 2.75) is 18.8 Å². The Hall–Kier alpha value is -0.900. The quantitative estimate of drug-likeness (QED) is 0.736. The van der Waals surface area contributed by atoms with E-state index in [-0.39, 0.29) is 6.23 Å². The van der Waals surface area contributed by atoms with Crippen molar-refractivity contribution in [2.75, 3.05) is 13.2 Å². The van der Waals surface area contributed by atoms with Gasteiger partial charge in [-0.2, -0.15) is 0 Å². The van der Waals surface area contributed by atoms with Gasteiger partial charge in [0, 0.05) is 13.0 Å². The van der Waals surface area contributed by atoms with E-state index < -0.39 is 6.10 Å². The molecule has 2 N–H and O–H groups in total. The van der Waals surface area contributed by atoms with Crippen molar-refractivity contribution < 1.29 is 9.84 Å². The zero-order chi connectivity index (χ0) is 9.80. The summed E-state index contributed by atoms with van der Waals surface area (Å²) in [6, 6.07) is 9.95. The van der Waals surface area contributed by atoms with Gasteiger partial charge in [-0.3, -0.25) is 5.32 Å². The second-order valence-corrected chi connectivity index (χ2v) is 3.50. The van der Waals surface area contributed by atoms with E-state index in [1.807, 2.05) is 30.3 Å². The van der Waals surface area contributed by atoms with Crippen molar-refractivity contribution in [1.29, 1.82) is 0 Å². The molecule has 1 heterocycles. The first-order chi connectivity index (χ1) is 6.86. The number of nitrogens with one attached hydrogen (secondary N) is 1. The molecule has 1 aromatic carbocycles. The molecule has 0 bridgehead atoms. The number of hydrogen-bond donors (Lipinski definition) is 2. The molecule has 1 aliphatic rings. The van der Waals surface area contributed by atoms with Crippen LogP contribution in [0.3, 0.4) is 0 Å². The van der Waals surface area contributed by atoms with Gasteiger partial charge in [0.25, 0.3) is 0 Å². The Bertz CT molecular complexity index is 270. The van der Waals surface area contributed by atoms with Crippen molar-refractivity contribution in [1.82, 2.24) is 5.32 Å².